The van der Waals surface area contributed by atoms with Crippen LogP contribution in [0.3, 0.4) is 0 Å². The molecule has 1 aromatic heterocycles. The van der Waals surface area contributed by atoms with Crippen molar-refractivity contribution in [2.45, 2.75) is 37.8 Å². The second kappa shape index (κ2) is 5.88. The summed E-state index contributed by atoms with van der Waals surface area (Å²) in [5.41, 5.74) is 3.33. The number of aliphatic hydroxyl groups excluding tert-OH is 1. The van der Waals surface area contributed by atoms with E-state index in [0.717, 1.165) is 18.5 Å². The van der Waals surface area contributed by atoms with Crippen LogP contribution in [0.1, 0.15) is 37.3 Å². The highest BCUT2D eigenvalue weighted by Gasteiger charge is 2.53. The molecule has 7 nitrogen and oxygen atoms in total. The van der Waals surface area contributed by atoms with Gasteiger partial charge in [-0.15, -0.1) is 0 Å². The van der Waals surface area contributed by atoms with Crippen LogP contribution in [-0.4, -0.2) is 46.6 Å². The van der Waals surface area contributed by atoms with Gasteiger partial charge in [0.2, 0.25) is 0 Å². The Kier molecular flexibility index (Phi) is 3.78. The maximum absolute atomic E-state index is 11.6. The Morgan fingerprint density at radius 1 is 1.19 bits per heavy atom. The zero-order chi connectivity index (χ0) is 18.8. The van der Waals surface area contributed by atoms with E-state index < -0.39 is 16.3 Å². The number of aliphatic hydroxyl groups is 1. The number of nitrogens with two attached hydrogens (primary N) is 1. The quantitative estimate of drug-likeness (QED) is 0.814. The van der Waals surface area contributed by atoms with E-state index in [4.69, 9.17) is 5.14 Å². The van der Waals surface area contributed by atoms with E-state index >= 15 is 0 Å². The summed E-state index contributed by atoms with van der Waals surface area (Å²) in [6, 6.07) is 8.43. The smallest absolute Gasteiger partial charge is 0.276 e. The fraction of sp³-hybridized carbons (Fsp3) is 0.526. The summed E-state index contributed by atoms with van der Waals surface area (Å²) < 4.78 is 26.8. The van der Waals surface area contributed by atoms with E-state index in [1.165, 1.54) is 15.4 Å². The van der Waals surface area contributed by atoms with Gasteiger partial charge in [0.05, 0.1) is 30.4 Å². The van der Waals surface area contributed by atoms with E-state index in [-0.39, 0.29) is 17.4 Å². The molecular weight excluding hydrogens is 364 g/mol. The maximum atomic E-state index is 11.6. The molecule has 5 rings (SSSR count). The molecule has 3 N–H and O–H groups in total. The van der Waals surface area contributed by atoms with Crippen LogP contribution in [0.2, 0.25) is 0 Å². The largest absolute Gasteiger partial charge is 0.392 e. The van der Waals surface area contributed by atoms with E-state index in [1.54, 1.807) is 0 Å². The molecule has 2 fully saturated rings. The van der Waals surface area contributed by atoms with Crippen molar-refractivity contribution in [2.75, 3.05) is 13.1 Å². The van der Waals surface area contributed by atoms with Gasteiger partial charge in [-0.3, -0.25) is 0 Å². The third-order valence-electron chi connectivity index (χ3n) is 7.01. The number of piperidine rings is 1. The van der Waals surface area contributed by atoms with Crippen molar-refractivity contribution < 1.29 is 13.5 Å². The van der Waals surface area contributed by atoms with E-state index in [2.05, 4.69) is 21.7 Å². The zero-order valence-electron chi connectivity index (χ0n) is 15.0. The van der Waals surface area contributed by atoms with Crippen LogP contribution in [0.15, 0.2) is 36.8 Å². The molecule has 27 heavy (non-hydrogen) atoms. The van der Waals surface area contributed by atoms with E-state index in [1.807, 2.05) is 24.7 Å². The Bertz CT molecular complexity index is 978. The molecule has 0 radical (unpaired) electrons. The summed E-state index contributed by atoms with van der Waals surface area (Å²) in [5.74, 6) is 0.0997. The Morgan fingerprint density at radius 3 is 2.67 bits per heavy atom. The summed E-state index contributed by atoms with van der Waals surface area (Å²) in [5, 5.41) is 16.6. The third-order valence-corrected chi connectivity index (χ3v) is 8.10. The van der Waals surface area contributed by atoms with Gasteiger partial charge >= 0.3 is 0 Å². The molecule has 1 spiro atoms. The molecule has 144 valence electrons. The maximum Gasteiger partial charge on any atom is 0.276 e. The van der Waals surface area contributed by atoms with Crippen LogP contribution in [-0.2, 0) is 10.2 Å². The molecule has 0 amide bonds. The van der Waals surface area contributed by atoms with Gasteiger partial charge < -0.3 is 9.67 Å². The highest BCUT2D eigenvalue weighted by Crippen LogP contribution is 2.55. The summed E-state index contributed by atoms with van der Waals surface area (Å²) in [4.78, 5) is 4.32. The van der Waals surface area contributed by atoms with Crippen molar-refractivity contribution in [1.29, 1.82) is 0 Å². The van der Waals surface area contributed by atoms with Crippen LogP contribution in [0.4, 0.5) is 0 Å². The third kappa shape index (κ3) is 2.51. The van der Waals surface area contributed by atoms with Gasteiger partial charge in [-0.1, -0.05) is 24.3 Å². The van der Waals surface area contributed by atoms with Gasteiger partial charge in [0, 0.05) is 24.6 Å². The molecule has 1 aromatic carbocycles. The predicted molar refractivity (Wildman–Crippen MR) is 101 cm³/mol. The second-order valence-corrected chi connectivity index (χ2v) is 9.72. The van der Waals surface area contributed by atoms with Crippen molar-refractivity contribution >= 4 is 10.2 Å². The Morgan fingerprint density at radius 2 is 1.93 bits per heavy atom. The van der Waals surface area contributed by atoms with Crippen molar-refractivity contribution in [3.8, 4) is 11.3 Å². The van der Waals surface area contributed by atoms with Crippen LogP contribution in [0.5, 0.6) is 0 Å². The fourth-order valence-corrected chi connectivity index (χ4v) is 6.28. The first-order valence-electron chi connectivity index (χ1n) is 9.48. The summed E-state index contributed by atoms with van der Waals surface area (Å²) in [6.45, 7) is 0.778. The lowest BCUT2D eigenvalue weighted by molar-refractivity contribution is -0.0146. The molecule has 1 saturated heterocycles. The van der Waals surface area contributed by atoms with Gasteiger partial charge in [0.25, 0.3) is 10.2 Å². The number of hydrogen-bond donors (Lipinski definition) is 2. The topological polar surface area (TPSA) is 101 Å². The highest BCUT2D eigenvalue weighted by molar-refractivity contribution is 7.86. The number of imidazole rings is 1. The Labute approximate surface area is 159 Å². The monoisotopic (exact) mass is 388 g/mol. The van der Waals surface area contributed by atoms with Gasteiger partial charge in [-0.2, -0.15) is 12.7 Å². The molecule has 1 aliphatic carbocycles. The van der Waals surface area contributed by atoms with E-state index in [9.17, 15) is 13.5 Å². The van der Waals surface area contributed by atoms with Crippen molar-refractivity contribution in [1.82, 2.24) is 13.9 Å². The van der Waals surface area contributed by atoms with Crippen molar-refractivity contribution in [3.63, 3.8) is 0 Å². The van der Waals surface area contributed by atoms with E-state index in [0.29, 0.717) is 25.9 Å². The van der Waals surface area contributed by atoms with Crippen LogP contribution >= 0.6 is 0 Å². The normalized spacial score (nSPS) is 29.8. The number of rotatable bonds is 2. The first kappa shape index (κ1) is 17.4. The first-order chi connectivity index (χ1) is 12.9. The van der Waals surface area contributed by atoms with Gasteiger partial charge in [0.15, 0.2) is 0 Å². The summed E-state index contributed by atoms with van der Waals surface area (Å²) in [6.07, 6.45) is 6.44. The average Bonchev–Trinajstić information content (AvgIpc) is 3.30. The molecule has 1 saturated carbocycles. The molecule has 2 aliphatic heterocycles. The van der Waals surface area contributed by atoms with Crippen molar-refractivity contribution in [2.24, 2.45) is 16.5 Å². The lowest BCUT2D eigenvalue weighted by Gasteiger charge is -2.41. The summed E-state index contributed by atoms with van der Waals surface area (Å²) >= 11 is 0. The molecule has 2 aromatic rings. The highest BCUT2D eigenvalue weighted by atomic mass is 32.2. The molecule has 3 heterocycles. The predicted octanol–water partition coefficient (Wildman–Crippen LogP) is 1.51. The zero-order valence-corrected chi connectivity index (χ0v) is 15.8. The molecule has 3 atom stereocenters. The Balaban J connectivity index is 1.44. The fourth-order valence-electron chi connectivity index (χ4n) is 5.59. The summed E-state index contributed by atoms with van der Waals surface area (Å²) in [7, 11) is -3.65. The SMILES string of the molecule is NS(=O)(=O)N1CCC2(CC[C@H]([C@@H]3c4ccccc4-c4cncn43)[C@@H]2O)CC1. The molecule has 3 aliphatic rings. The molecule has 0 bridgehead atoms. The van der Waals surface area contributed by atoms with Gasteiger partial charge in [-0.05, 0) is 36.7 Å². The van der Waals surface area contributed by atoms with Crippen LogP contribution in [0, 0.1) is 11.3 Å². The number of nitrogens with zero attached hydrogens (tertiary/aromatic N) is 3. The first-order valence-corrected chi connectivity index (χ1v) is 11.0. The lowest BCUT2D eigenvalue weighted by Crippen LogP contribution is -2.49. The second-order valence-electron chi connectivity index (χ2n) is 8.17. The van der Waals surface area contributed by atoms with Crippen LogP contribution < -0.4 is 5.14 Å². The molecule has 0 unspecified atom stereocenters. The minimum Gasteiger partial charge on any atom is -0.392 e. The van der Waals surface area contributed by atoms with Gasteiger partial charge in [-0.25, -0.2) is 10.1 Å². The van der Waals surface area contributed by atoms with Gasteiger partial charge in [0.1, 0.15) is 0 Å². The number of benzene rings is 1. The molecule has 8 heteroatoms. The van der Waals surface area contributed by atoms with Crippen molar-refractivity contribution in [3.05, 3.63) is 42.4 Å². The number of fused-ring (bicyclic) bond motifs is 3. The minimum atomic E-state index is -3.65. The lowest BCUT2D eigenvalue weighted by atomic mass is 9.73. The average molecular weight is 388 g/mol. The Hall–Kier alpha value is -1.74. The standard InChI is InChI=1S/C19H24N4O3S/c20-27(25,26)22-9-7-19(8-10-22)6-5-15(18(19)24)17-14-4-2-1-3-13(14)16-11-21-12-23(16)17/h1-4,11-12,15,17-18,24H,5-10H2,(H2,20,25,26)/t15-,17+,18+/m1/s1. The van der Waals surface area contributed by atoms with Crippen LogP contribution in [0.25, 0.3) is 11.3 Å². The molecular formula is C19H24N4O3S. The minimum absolute atomic E-state index is 0.0874. The number of aromatic nitrogens is 2. The number of hydrogen-bond acceptors (Lipinski definition) is 4.